The molecule has 74 valence electrons. The normalized spacial score (nSPS) is 14.6. The Hall–Kier alpha value is -0.160. The molecule has 1 unspecified atom stereocenters. The maximum atomic E-state index is 11.6. The third kappa shape index (κ3) is 5.49. The van der Waals surface area contributed by atoms with Gasteiger partial charge in [-0.25, -0.2) is 8.42 Å². The molecule has 0 fully saturated rings. The Kier molecular flexibility index (Phi) is 5.41. The van der Waals surface area contributed by atoms with Gasteiger partial charge in [0.15, 0.2) is 9.84 Å². The number of sulfone groups is 1. The van der Waals surface area contributed by atoms with Crippen LogP contribution in [-0.2, 0) is 9.84 Å². The zero-order chi connectivity index (χ0) is 9.61. The van der Waals surface area contributed by atoms with E-state index >= 15 is 0 Å². The number of hydrogen-bond acceptors (Lipinski definition) is 3. The lowest BCUT2D eigenvalue weighted by Crippen LogP contribution is -2.30. The highest BCUT2D eigenvalue weighted by atomic mass is 32.2. The maximum absolute atomic E-state index is 11.6. The third-order valence-electron chi connectivity index (χ3n) is 1.58. The van der Waals surface area contributed by atoms with Crippen molar-refractivity contribution in [2.45, 2.75) is 25.8 Å². The number of alkyl halides is 1. The molecule has 0 heterocycles. The fourth-order valence-electron chi connectivity index (χ4n) is 0.802. The molecule has 0 rings (SSSR count). The molecule has 0 spiro atoms. The van der Waals surface area contributed by atoms with Crippen LogP contribution < -0.4 is 5.73 Å². The Balaban J connectivity index is 3.88. The first-order valence-corrected chi connectivity index (χ1v) is 5.86. The van der Waals surface area contributed by atoms with Gasteiger partial charge in [-0.15, -0.1) is 0 Å². The number of nitrogens with two attached hydrogens (primary N) is 1. The SMILES string of the molecule is CCC(N)CS(=O)(=O)CCCF. The van der Waals surface area contributed by atoms with Crippen molar-refractivity contribution in [2.75, 3.05) is 18.2 Å². The van der Waals surface area contributed by atoms with Crippen molar-refractivity contribution in [3.05, 3.63) is 0 Å². The lowest BCUT2D eigenvalue weighted by atomic mass is 10.3. The van der Waals surface area contributed by atoms with Crippen molar-refractivity contribution >= 4 is 9.84 Å². The van der Waals surface area contributed by atoms with Gasteiger partial charge in [0, 0.05) is 6.04 Å². The van der Waals surface area contributed by atoms with Crippen molar-refractivity contribution in [3.63, 3.8) is 0 Å². The quantitative estimate of drug-likeness (QED) is 0.674. The van der Waals surface area contributed by atoms with Crippen LogP contribution in [0.15, 0.2) is 0 Å². The van der Waals surface area contributed by atoms with E-state index in [1.807, 2.05) is 6.92 Å². The smallest absolute Gasteiger partial charge is 0.151 e. The number of hydrogen-bond donors (Lipinski definition) is 1. The van der Waals surface area contributed by atoms with E-state index < -0.39 is 16.5 Å². The monoisotopic (exact) mass is 197 g/mol. The molecule has 0 bridgehead atoms. The van der Waals surface area contributed by atoms with Crippen LogP contribution in [0.5, 0.6) is 0 Å². The van der Waals surface area contributed by atoms with Crippen LogP contribution in [0.4, 0.5) is 4.39 Å². The highest BCUT2D eigenvalue weighted by Gasteiger charge is 2.14. The lowest BCUT2D eigenvalue weighted by molar-refractivity contribution is 0.483. The molecular formula is C7H16FNO2S. The van der Waals surface area contributed by atoms with Crippen molar-refractivity contribution in [3.8, 4) is 0 Å². The van der Waals surface area contributed by atoms with E-state index in [9.17, 15) is 12.8 Å². The molecular weight excluding hydrogens is 181 g/mol. The van der Waals surface area contributed by atoms with Gasteiger partial charge in [0.1, 0.15) is 0 Å². The third-order valence-corrected chi connectivity index (χ3v) is 3.43. The zero-order valence-corrected chi connectivity index (χ0v) is 8.11. The summed E-state index contributed by atoms with van der Waals surface area (Å²) in [6.45, 7) is 1.25. The average Bonchev–Trinajstić information content (AvgIpc) is 2.00. The summed E-state index contributed by atoms with van der Waals surface area (Å²) in [6.07, 6.45) is 0.716. The van der Waals surface area contributed by atoms with Gasteiger partial charge in [-0.1, -0.05) is 6.92 Å². The van der Waals surface area contributed by atoms with Crippen molar-refractivity contribution in [1.82, 2.24) is 0 Å². The van der Waals surface area contributed by atoms with E-state index in [1.165, 1.54) is 0 Å². The average molecular weight is 197 g/mol. The standard InChI is InChI=1S/C7H16FNO2S/c1-2-7(9)6-12(10,11)5-3-4-8/h7H,2-6,9H2,1H3. The molecule has 0 saturated heterocycles. The molecule has 0 aromatic carbocycles. The predicted octanol–water partition coefficient (Wildman–Crippen LogP) is 0.498. The van der Waals surface area contributed by atoms with Crippen LogP contribution >= 0.6 is 0 Å². The van der Waals surface area contributed by atoms with E-state index in [1.54, 1.807) is 0 Å². The Morgan fingerprint density at radius 2 is 2.08 bits per heavy atom. The fourth-order valence-corrected chi connectivity index (χ4v) is 2.41. The van der Waals surface area contributed by atoms with E-state index in [2.05, 4.69) is 0 Å². The largest absolute Gasteiger partial charge is 0.327 e. The first-order chi connectivity index (χ1) is 5.52. The van der Waals surface area contributed by atoms with E-state index in [-0.39, 0.29) is 24.0 Å². The van der Waals surface area contributed by atoms with Gasteiger partial charge in [-0.05, 0) is 12.8 Å². The topological polar surface area (TPSA) is 60.2 Å². The molecule has 0 radical (unpaired) electrons. The second-order valence-corrected chi connectivity index (χ2v) is 5.05. The van der Waals surface area contributed by atoms with Gasteiger partial charge in [-0.2, -0.15) is 0 Å². The molecule has 0 aromatic heterocycles. The summed E-state index contributed by atoms with van der Waals surface area (Å²) in [5.41, 5.74) is 5.46. The Morgan fingerprint density at radius 3 is 2.50 bits per heavy atom. The summed E-state index contributed by atoms with van der Waals surface area (Å²) in [7, 11) is -3.12. The number of halogens is 1. The first kappa shape index (κ1) is 11.8. The summed E-state index contributed by atoms with van der Waals surface area (Å²) in [6, 6.07) is -0.311. The Morgan fingerprint density at radius 1 is 1.50 bits per heavy atom. The van der Waals surface area contributed by atoms with Crippen molar-refractivity contribution in [1.29, 1.82) is 0 Å². The van der Waals surface area contributed by atoms with Crippen LogP contribution in [-0.4, -0.2) is 32.6 Å². The van der Waals surface area contributed by atoms with Gasteiger partial charge < -0.3 is 5.73 Å². The zero-order valence-electron chi connectivity index (χ0n) is 7.29. The molecule has 1 atom stereocenters. The first-order valence-electron chi connectivity index (χ1n) is 4.03. The van der Waals surface area contributed by atoms with E-state index in [0.29, 0.717) is 6.42 Å². The minimum atomic E-state index is -3.12. The highest BCUT2D eigenvalue weighted by Crippen LogP contribution is 1.98. The highest BCUT2D eigenvalue weighted by molar-refractivity contribution is 7.91. The summed E-state index contributed by atoms with van der Waals surface area (Å²) in [5.74, 6) is -0.110. The van der Waals surface area contributed by atoms with Gasteiger partial charge >= 0.3 is 0 Å². The molecule has 0 saturated carbocycles. The summed E-state index contributed by atoms with van der Waals surface area (Å²) >= 11 is 0. The minimum absolute atomic E-state index is 0.0243. The number of rotatable bonds is 6. The van der Waals surface area contributed by atoms with Crippen LogP contribution in [0, 0.1) is 0 Å². The predicted molar refractivity (Wildman–Crippen MR) is 47.5 cm³/mol. The van der Waals surface area contributed by atoms with Crippen molar-refractivity contribution < 1.29 is 12.8 Å². The molecule has 3 nitrogen and oxygen atoms in total. The molecule has 0 aliphatic carbocycles. The fraction of sp³-hybridized carbons (Fsp3) is 1.00. The van der Waals surface area contributed by atoms with Gasteiger partial charge in [0.25, 0.3) is 0 Å². The van der Waals surface area contributed by atoms with E-state index in [0.717, 1.165) is 0 Å². The van der Waals surface area contributed by atoms with Gasteiger partial charge in [-0.3, -0.25) is 4.39 Å². The van der Waals surface area contributed by atoms with Gasteiger partial charge in [0.2, 0.25) is 0 Å². The van der Waals surface area contributed by atoms with Crippen LogP contribution in [0.25, 0.3) is 0 Å². The Labute approximate surface area is 73.1 Å². The maximum Gasteiger partial charge on any atom is 0.151 e. The van der Waals surface area contributed by atoms with Crippen LogP contribution in [0.2, 0.25) is 0 Å². The van der Waals surface area contributed by atoms with E-state index in [4.69, 9.17) is 5.73 Å². The lowest BCUT2D eigenvalue weighted by Gasteiger charge is -2.08. The van der Waals surface area contributed by atoms with Crippen LogP contribution in [0.3, 0.4) is 0 Å². The molecule has 2 N–H and O–H groups in total. The summed E-state index contributed by atoms with van der Waals surface area (Å²) < 4.78 is 33.9. The van der Waals surface area contributed by atoms with Gasteiger partial charge in [0.05, 0.1) is 18.2 Å². The molecule has 0 aromatic rings. The molecule has 0 amide bonds. The second kappa shape index (κ2) is 5.48. The minimum Gasteiger partial charge on any atom is -0.327 e. The second-order valence-electron chi connectivity index (χ2n) is 2.83. The summed E-state index contributed by atoms with van der Waals surface area (Å²) in [5, 5.41) is 0. The van der Waals surface area contributed by atoms with Crippen molar-refractivity contribution in [2.24, 2.45) is 5.73 Å². The molecule has 0 aliphatic heterocycles. The van der Waals surface area contributed by atoms with Crippen LogP contribution in [0.1, 0.15) is 19.8 Å². The summed E-state index contributed by atoms with van der Waals surface area (Å²) in [4.78, 5) is 0. The molecule has 5 heteroatoms. The molecule has 0 aliphatic rings. The Bertz CT molecular complexity index is 203. The molecule has 12 heavy (non-hydrogen) atoms.